The van der Waals surface area contributed by atoms with Crippen LogP contribution in [0.2, 0.25) is 0 Å². The molecule has 1 unspecified atom stereocenters. The zero-order valence-corrected chi connectivity index (χ0v) is 13.6. The molecule has 0 aliphatic carbocycles. The molecule has 0 bridgehead atoms. The number of benzene rings is 2. The van der Waals surface area contributed by atoms with E-state index in [9.17, 15) is 19.3 Å². The van der Waals surface area contributed by atoms with Crippen molar-refractivity contribution in [2.75, 3.05) is 11.4 Å². The maximum Gasteiger partial charge on any atom is 0.271 e. The molecule has 7 nitrogen and oxygen atoms in total. The molecule has 2 heterocycles. The van der Waals surface area contributed by atoms with E-state index in [4.69, 9.17) is 4.84 Å². The highest BCUT2D eigenvalue weighted by molar-refractivity contribution is 6.07. The summed E-state index contributed by atoms with van der Waals surface area (Å²) in [4.78, 5) is 30.1. The van der Waals surface area contributed by atoms with Crippen LogP contribution in [0.15, 0.2) is 47.6 Å². The second kappa shape index (κ2) is 6.21. The summed E-state index contributed by atoms with van der Waals surface area (Å²) < 4.78 is 13.4. The first-order valence-electron chi connectivity index (χ1n) is 8.10. The van der Waals surface area contributed by atoms with Crippen molar-refractivity contribution >= 4 is 23.0 Å². The number of fused-ring (bicyclic) bond motifs is 1. The maximum absolute atomic E-state index is 13.4. The van der Waals surface area contributed by atoms with Gasteiger partial charge < -0.3 is 9.74 Å². The quantitative estimate of drug-likeness (QED) is 0.626. The van der Waals surface area contributed by atoms with Gasteiger partial charge in [0.15, 0.2) is 0 Å². The van der Waals surface area contributed by atoms with Crippen LogP contribution in [0.5, 0.6) is 0 Å². The average molecular weight is 355 g/mol. The van der Waals surface area contributed by atoms with Crippen LogP contribution in [0.4, 0.5) is 15.8 Å². The van der Waals surface area contributed by atoms with Gasteiger partial charge in [0, 0.05) is 36.3 Å². The number of hydrogen-bond acceptors (Lipinski definition) is 5. The number of oxime groups is 1. The highest BCUT2D eigenvalue weighted by Gasteiger charge is 2.36. The van der Waals surface area contributed by atoms with Crippen LogP contribution in [0.25, 0.3) is 0 Å². The molecule has 0 aromatic heterocycles. The monoisotopic (exact) mass is 355 g/mol. The third-order valence-electron chi connectivity index (χ3n) is 4.54. The van der Waals surface area contributed by atoms with Gasteiger partial charge in [0.05, 0.1) is 10.6 Å². The van der Waals surface area contributed by atoms with Crippen LogP contribution in [0.3, 0.4) is 0 Å². The molecular formula is C18H14FN3O4. The van der Waals surface area contributed by atoms with Crippen molar-refractivity contribution in [2.45, 2.75) is 18.9 Å². The van der Waals surface area contributed by atoms with E-state index in [1.165, 1.54) is 24.3 Å². The Morgan fingerprint density at radius 3 is 2.92 bits per heavy atom. The van der Waals surface area contributed by atoms with Gasteiger partial charge in [0.25, 0.3) is 11.6 Å². The second-order valence-electron chi connectivity index (χ2n) is 6.16. The lowest BCUT2D eigenvalue weighted by Crippen LogP contribution is -2.38. The molecule has 2 aromatic rings. The summed E-state index contributed by atoms with van der Waals surface area (Å²) in [6.45, 7) is 0.435. The minimum atomic E-state index is -0.783. The van der Waals surface area contributed by atoms with Crippen molar-refractivity contribution in [3.05, 3.63) is 69.5 Å². The van der Waals surface area contributed by atoms with Gasteiger partial charge in [-0.1, -0.05) is 17.3 Å². The van der Waals surface area contributed by atoms with E-state index in [2.05, 4.69) is 5.16 Å². The summed E-state index contributed by atoms with van der Waals surface area (Å²) in [6, 6.07) is 10.4. The van der Waals surface area contributed by atoms with Gasteiger partial charge in [-0.25, -0.2) is 4.39 Å². The van der Waals surface area contributed by atoms with Crippen molar-refractivity contribution in [1.29, 1.82) is 0 Å². The Bertz CT molecular complexity index is 944. The molecule has 1 amide bonds. The first-order chi connectivity index (χ1) is 12.5. The van der Waals surface area contributed by atoms with E-state index in [-0.39, 0.29) is 23.8 Å². The van der Waals surface area contributed by atoms with Crippen molar-refractivity contribution in [1.82, 2.24) is 0 Å². The molecule has 2 aromatic carbocycles. The van der Waals surface area contributed by atoms with Gasteiger partial charge in [-0.3, -0.25) is 14.9 Å². The molecule has 132 valence electrons. The van der Waals surface area contributed by atoms with Gasteiger partial charge in [0.1, 0.15) is 5.82 Å². The van der Waals surface area contributed by atoms with Gasteiger partial charge in [-0.15, -0.1) is 0 Å². The number of non-ortho nitro benzene ring substituents is 1. The Kier molecular flexibility index (Phi) is 3.87. The summed E-state index contributed by atoms with van der Waals surface area (Å²) in [5, 5.41) is 14.8. The Morgan fingerprint density at radius 2 is 2.15 bits per heavy atom. The fourth-order valence-corrected chi connectivity index (χ4v) is 3.25. The predicted molar refractivity (Wildman–Crippen MR) is 91.6 cm³/mol. The zero-order chi connectivity index (χ0) is 18.3. The molecule has 0 saturated carbocycles. The second-order valence-corrected chi connectivity index (χ2v) is 6.16. The number of carbonyl (C=O) groups excluding carboxylic acids is 1. The molecule has 8 heteroatoms. The fourth-order valence-electron chi connectivity index (χ4n) is 3.25. The molecule has 0 saturated heterocycles. The van der Waals surface area contributed by atoms with Crippen molar-refractivity contribution in [3.63, 3.8) is 0 Å². The molecule has 0 radical (unpaired) electrons. The van der Waals surface area contributed by atoms with Crippen LogP contribution >= 0.6 is 0 Å². The highest BCUT2D eigenvalue weighted by Crippen LogP contribution is 2.33. The number of amides is 1. The molecule has 0 N–H and O–H groups in total. The van der Waals surface area contributed by atoms with Crippen molar-refractivity contribution < 1.29 is 18.9 Å². The lowest BCUT2D eigenvalue weighted by Gasteiger charge is -2.19. The van der Waals surface area contributed by atoms with E-state index < -0.39 is 11.0 Å². The number of hydrogen-bond donors (Lipinski definition) is 0. The molecule has 2 aliphatic rings. The minimum absolute atomic E-state index is 0.00638. The molecule has 1 atom stereocenters. The molecule has 4 rings (SSSR count). The summed E-state index contributed by atoms with van der Waals surface area (Å²) in [7, 11) is 0. The number of carbonyl (C=O) groups is 1. The lowest BCUT2D eigenvalue weighted by atomic mass is 10.0. The van der Waals surface area contributed by atoms with E-state index >= 15 is 0 Å². The summed E-state index contributed by atoms with van der Waals surface area (Å²) in [5.41, 5.74) is 2.52. The number of nitro groups is 1. The molecule has 0 spiro atoms. The number of halogens is 1. The van der Waals surface area contributed by atoms with E-state index in [0.29, 0.717) is 29.9 Å². The number of rotatable bonds is 3. The number of nitro benzene ring substituents is 1. The Labute approximate surface area is 147 Å². The predicted octanol–water partition coefficient (Wildman–Crippen LogP) is 2.82. The smallest absolute Gasteiger partial charge is 0.271 e. The molecule has 26 heavy (non-hydrogen) atoms. The summed E-state index contributed by atoms with van der Waals surface area (Å²) in [6.07, 6.45) is 0.0168. The van der Waals surface area contributed by atoms with Gasteiger partial charge in [0.2, 0.25) is 6.10 Å². The van der Waals surface area contributed by atoms with Crippen LogP contribution in [-0.4, -0.2) is 29.2 Å². The number of nitrogens with zero attached hydrogens (tertiary/aromatic N) is 3. The molecule has 0 fully saturated rings. The van der Waals surface area contributed by atoms with Crippen LogP contribution < -0.4 is 4.90 Å². The van der Waals surface area contributed by atoms with E-state index in [1.807, 2.05) is 0 Å². The Balaban J connectivity index is 1.50. The number of anilines is 1. The van der Waals surface area contributed by atoms with Gasteiger partial charge in [-0.05, 0) is 30.2 Å². The van der Waals surface area contributed by atoms with Crippen LogP contribution in [0.1, 0.15) is 17.5 Å². The Morgan fingerprint density at radius 1 is 1.31 bits per heavy atom. The topological polar surface area (TPSA) is 85.0 Å². The molecule has 2 aliphatic heterocycles. The zero-order valence-electron chi connectivity index (χ0n) is 13.6. The van der Waals surface area contributed by atoms with Gasteiger partial charge >= 0.3 is 0 Å². The van der Waals surface area contributed by atoms with Gasteiger partial charge in [-0.2, -0.15) is 0 Å². The van der Waals surface area contributed by atoms with Crippen LogP contribution in [0, 0.1) is 15.9 Å². The van der Waals surface area contributed by atoms with Crippen molar-refractivity contribution in [2.24, 2.45) is 5.16 Å². The van der Waals surface area contributed by atoms with Crippen molar-refractivity contribution in [3.8, 4) is 0 Å². The fraction of sp³-hybridized carbons (Fsp3) is 0.222. The first-order valence-corrected chi connectivity index (χ1v) is 8.10. The van der Waals surface area contributed by atoms with Crippen LogP contribution in [-0.2, 0) is 16.1 Å². The largest absolute Gasteiger partial charge is 0.382 e. The van der Waals surface area contributed by atoms with E-state index in [1.54, 1.807) is 23.1 Å². The standard InChI is InChI=1S/C18H14FN3O4/c19-13-3-1-2-11(8-13)15-10-17(26-20-15)18(23)21-7-6-12-9-14(22(24)25)4-5-16(12)21/h1-5,8-9,17H,6-7,10H2. The van der Waals surface area contributed by atoms with E-state index in [0.717, 1.165) is 5.56 Å². The lowest BCUT2D eigenvalue weighted by molar-refractivity contribution is -0.384. The third-order valence-corrected chi connectivity index (χ3v) is 4.54. The minimum Gasteiger partial charge on any atom is -0.382 e. The summed E-state index contributed by atoms with van der Waals surface area (Å²) in [5.74, 6) is -0.636. The third kappa shape index (κ3) is 2.79. The Hall–Kier alpha value is -3.29. The maximum atomic E-state index is 13.4. The summed E-state index contributed by atoms with van der Waals surface area (Å²) >= 11 is 0. The SMILES string of the molecule is O=C(C1CC(c2cccc(F)c2)=NO1)N1CCc2cc([N+](=O)[O-])ccc21. The normalized spacial score (nSPS) is 18.3. The highest BCUT2D eigenvalue weighted by atomic mass is 19.1. The molecular weight excluding hydrogens is 341 g/mol. The first kappa shape index (κ1) is 16.2. The average Bonchev–Trinajstić information content (AvgIpc) is 3.28.